The van der Waals surface area contributed by atoms with Crippen LogP contribution in [0.2, 0.25) is 0 Å². The van der Waals surface area contributed by atoms with Crippen LogP contribution in [0.5, 0.6) is 23.0 Å². The molecule has 1 amide bonds. The zero-order chi connectivity index (χ0) is 19.6. The third kappa shape index (κ3) is 3.72. The van der Waals surface area contributed by atoms with E-state index in [0.29, 0.717) is 26.2 Å². The molecule has 1 N–H and O–H groups in total. The van der Waals surface area contributed by atoms with E-state index in [1.807, 2.05) is 0 Å². The number of hydrogen-bond acceptors (Lipinski definition) is 7. The van der Waals surface area contributed by atoms with Gasteiger partial charge in [-0.25, -0.2) is 0 Å². The van der Waals surface area contributed by atoms with E-state index in [0.717, 1.165) is 0 Å². The van der Waals surface area contributed by atoms with Crippen LogP contribution in [0.25, 0.3) is 6.08 Å². The first-order valence-corrected chi connectivity index (χ1v) is 9.08. The van der Waals surface area contributed by atoms with Crippen LogP contribution in [0.3, 0.4) is 0 Å². The van der Waals surface area contributed by atoms with Gasteiger partial charge in [0, 0.05) is 0 Å². The molecule has 2 aromatic carbocycles. The molecule has 2 aromatic rings. The Bertz CT molecular complexity index is 899. The molecule has 6 nitrogen and oxygen atoms in total. The predicted octanol–water partition coefficient (Wildman–Crippen LogP) is 3.82. The number of nitrogens with zero attached hydrogens (tertiary/aromatic N) is 1. The number of phenols is 1. The lowest BCUT2D eigenvalue weighted by molar-refractivity contribution is -0.113. The molecular formula is C19H17NO5S2. The second-order valence-electron chi connectivity index (χ2n) is 5.49. The summed E-state index contributed by atoms with van der Waals surface area (Å²) in [6.45, 7) is 0. The highest BCUT2D eigenvalue weighted by Crippen LogP contribution is 2.40. The van der Waals surface area contributed by atoms with Gasteiger partial charge in [0.1, 0.15) is 5.75 Å². The summed E-state index contributed by atoms with van der Waals surface area (Å²) in [7, 11) is 4.47. The number of amides is 1. The largest absolute Gasteiger partial charge is 0.502 e. The van der Waals surface area contributed by atoms with Gasteiger partial charge < -0.3 is 19.3 Å². The van der Waals surface area contributed by atoms with E-state index in [4.69, 9.17) is 26.4 Å². The van der Waals surface area contributed by atoms with Crippen molar-refractivity contribution in [1.82, 2.24) is 0 Å². The number of aromatic hydroxyl groups is 1. The van der Waals surface area contributed by atoms with Gasteiger partial charge in [-0.05, 0) is 48.0 Å². The standard InChI is InChI=1S/C19H17NO5S2/c1-23-13-6-4-12(5-7-13)20-18(22)16(27-19(20)26)10-11-8-14(24-2)17(21)15(9-11)25-3/h4-10,21H,1-3H3/b16-10-. The summed E-state index contributed by atoms with van der Waals surface area (Å²) in [6, 6.07) is 10.3. The SMILES string of the molecule is COc1ccc(N2C(=O)/C(=C/c3cc(OC)c(O)c(OC)c3)SC2=S)cc1. The molecule has 8 heteroatoms. The zero-order valence-corrected chi connectivity index (χ0v) is 16.5. The maximum absolute atomic E-state index is 12.9. The first-order chi connectivity index (χ1) is 13.0. The second-order valence-corrected chi connectivity index (χ2v) is 7.16. The summed E-state index contributed by atoms with van der Waals surface area (Å²) in [5.41, 5.74) is 1.32. The number of carbonyl (C=O) groups excluding carboxylic acids is 1. The number of thiocarbonyl (C=S) groups is 1. The summed E-state index contributed by atoms with van der Waals surface area (Å²) < 4.78 is 15.9. The molecule has 27 heavy (non-hydrogen) atoms. The minimum atomic E-state index is -0.221. The lowest BCUT2D eigenvalue weighted by atomic mass is 10.1. The Hall–Kier alpha value is -2.71. The Morgan fingerprint density at radius 2 is 1.63 bits per heavy atom. The van der Waals surface area contributed by atoms with Crippen molar-refractivity contribution in [2.24, 2.45) is 0 Å². The number of thioether (sulfide) groups is 1. The average Bonchev–Trinajstić information content (AvgIpc) is 2.96. The van der Waals surface area contributed by atoms with Crippen LogP contribution >= 0.6 is 24.0 Å². The monoisotopic (exact) mass is 403 g/mol. The topological polar surface area (TPSA) is 68.2 Å². The molecule has 1 aliphatic rings. The van der Waals surface area contributed by atoms with Crippen molar-refractivity contribution in [3.8, 4) is 23.0 Å². The van der Waals surface area contributed by atoms with Gasteiger partial charge in [-0.3, -0.25) is 9.69 Å². The van der Waals surface area contributed by atoms with Crippen molar-refractivity contribution < 1.29 is 24.1 Å². The van der Waals surface area contributed by atoms with Crippen molar-refractivity contribution >= 4 is 46.0 Å². The van der Waals surface area contributed by atoms with E-state index in [2.05, 4.69) is 0 Å². The van der Waals surface area contributed by atoms with Crippen molar-refractivity contribution in [3.05, 3.63) is 46.9 Å². The highest BCUT2D eigenvalue weighted by molar-refractivity contribution is 8.27. The Balaban J connectivity index is 1.94. The molecule has 1 saturated heterocycles. The van der Waals surface area contributed by atoms with Crippen molar-refractivity contribution in [2.75, 3.05) is 26.2 Å². The molecule has 1 heterocycles. The van der Waals surface area contributed by atoms with Crippen LogP contribution in [0.1, 0.15) is 5.56 Å². The quantitative estimate of drug-likeness (QED) is 0.601. The van der Waals surface area contributed by atoms with Gasteiger partial charge in [0.2, 0.25) is 5.75 Å². The fraction of sp³-hybridized carbons (Fsp3) is 0.158. The van der Waals surface area contributed by atoms with E-state index in [1.54, 1.807) is 49.6 Å². The number of benzene rings is 2. The Kier molecular flexibility index (Phi) is 5.57. The van der Waals surface area contributed by atoms with Gasteiger partial charge in [0.15, 0.2) is 15.8 Å². The molecule has 0 aliphatic carbocycles. The minimum Gasteiger partial charge on any atom is -0.502 e. The number of carbonyl (C=O) groups is 1. The first-order valence-electron chi connectivity index (χ1n) is 7.85. The van der Waals surface area contributed by atoms with Crippen molar-refractivity contribution in [2.45, 2.75) is 0 Å². The van der Waals surface area contributed by atoms with Crippen LogP contribution in [0.15, 0.2) is 41.3 Å². The van der Waals surface area contributed by atoms with Gasteiger partial charge >= 0.3 is 0 Å². The molecule has 0 radical (unpaired) electrons. The van der Waals surface area contributed by atoms with Crippen molar-refractivity contribution in [1.29, 1.82) is 0 Å². The molecule has 140 valence electrons. The molecule has 0 saturated carbocycles. The summed E-state index contributed by atoms with van der Waals surface area (Å²) in [5.74, 6) is 0.893. The van der Waals surface area contributed by atoms with Gasteiger partial charge in [-0.1, -0.05) is 24.0 Å². The lowest BCUT2D eigenvalue weighted by Gasteiger charge is -2.14. The number of anilines is 1. The van der Waals surface area contributed by atoms with E-state index in [-0.39, 0.29) is 23.2 Å². The van der Waals surface area contributed by atoms with E-state index < -0.39 is 0 Å². The second kappa shape index (κ2) is 7.89. The lowest BCUT2D eigenvalue weighted by Crippen LogP contribution is -2.27. The van der Waals surface area contributed by atoms with E-state index in [9.17, 15) is 9.90 Å². The molecule has 0 atom stereocenters. The first kappa shape index (κ1) is 19.1. The van der Waals surface area contributed by atoms with E-state index in [1.165, 1.54) is 30.9 Å². The zero-order valence-electron chi connectivity index (χ0n) is 14.9. The van der Waals surface area contributed by atoms with Gasteiger partial charge in [0.25, 0.3) is 5.91 Å². The normalized spacial score (nSPS) is 15.4. The minimum absolute atomic E-state index is 0.0945. The fourth-order valence-electron chi connectivity index (χ4n) is 2.57. The number of hydrogen-bond donors (Lipinski definition) is 1. The highest BCUT2D eigenvalue weighted by Gasteiger charge is 2.33. The third-order valence-electron chi connectivity index (χ3n) is 3.92. The van der Waals surface area contributed by atoms with Crippen LogP contribution in [-0.2, 0) is 4.79 Å². The smallest absolute Gasteiger partial charge is 0.270 e. The maximum atomic E-state index is 12.9. The maximum Gasteiger partial charge on any atom is 0.270 e. The molecule has 0 unspecified atom stereocenters. The molecule has 0 aromatic heterocycles. The summed E-state index contributed by atoms with van der Waals surface area (Å²) in [5, 5.41) is 10.0. The molecule has 3 rings (SSSR count). The van der Waals surface area contributed by atoms with E-state index >= 15 is 0 Å². The molecule has 1 aliphatic heterocycles. The Morgan fingerprint density at radius 1 is 1.04 bits per heavy atom. The molecule has 0 bridgehead atoms. The van der Waals surface area contributed by atoms with Crippen LogP contribution in [-0.4, -0.2) is 36.7 Å². The van der Waals surface area contributed by atoms with Crippen molar-refractivity contribution in [3.63, 3.8) is 0 Å². The molecule has 0 spiro atoms. The van der Waals surface area contributed by atoms with Crippen LogP contribution < -0.4 is 19.1 Å². The number of rotatable bonds is 5. The number of ether oxygens (including phenoxy) is 3. The molecular weight excluding hydrogens is 386 g/mol. The summed E-state index contributed by atoms with van der Waals surface area (Å²) >= 11 is 6.58. The predicted molar refractivity (Wildman–Crippen MR) is 110 cm³/mol. The Labute approximate surface area is 166 Å². The van der Waals surface area contributed by atoms with Gasteiger partial charge in [-0.15, -0.1) is 0 Å². The number of methoxy groups -OCH3 is 3. The Morgan fingerprint density at radius 3 is 2.15 bits per heavy atom. The van der Waals surface area contributed by atoms with Crippen LogP contribution in [0, 0.1) is 0 Å². The molecule has 1 fully saturated rings. The number of phenolic OH excluding ortho intramolecular Hbond substituents is 1. The van der Waals surface area contributed by atoms with Gasteiger partial charge in [0.05, 0.1) is 31.9 Å². The third-order valence-corrected chi connectivity index (χ3v) is 5.23. The highest BCUT2D eigenvalue weighted by atomic mass is 32.2. The average molecular weight is 403 g/mol. The summed E-state index contributed by atoms with van der Waals surface area (Å²) in [6.07, 6.45) is 1.69. The summed E-state index contributed by atoms with van der Waals surface area (Å²) in [4.78, 5) is 14.8. The fourth-order valence-corrected chi connectivity index (χ4v) is 3.87. The van der Waals surface area contributed by atoms with Crippen LogP contribution in [0.4, 0.5) is 5.69 Å². The van der Waals surface area contributed by atoms with Gasteiger partial charge in [-0.2, -0.15) is 0 Å².